The highest BCUT2D eigenvalue weighted by Gasteiger charge is 2.13. The van der Waals surface area contributed by atoms with Crippen molar-refractivity contribution in [1.29, 1.82) is 5.26 Å². The van der Waals surface area contributed by atoms with Gasteiger partial charge in [0, 0.05) is 6.42 Å². The van der Waals surface area contributed by atoms with Gasteiger partial charge in [0.15, 0.2) is 0 Å². The quantitative estimate of drug-likeness (QED) is 0.601. The van der Waals surface area contributed by atoms with Crippen LogP contribution in [0.2, 0.25) is 0 Å². The second-order valence-corrected chi connectivity index (χ2v) is 6.38. The minimum Gasteiger partial charge on any atom is -0.481 e. The van der Waals surface area contributed by atoms with Crippen LogP contribution >= 0.6 is 0 Å². The van der Waals surface area contributed by atoms with Gasteiger partial charge in [0.05, 0.1) is 18.4 Å². The van der Waals surface area contributed by atoms with Crippen LogP contribution in [-0.2, 0) is 9.59 Å². The first-order chi connectivity index (χ1) is 10.1. The van der Waals surface area contributed by atoms with Gasteiger partial charge in [-0.25, -0.2) is 0 Å². The summed E-state index contributed by atoms with van der Waals surface area (Å²) in [7, 11) is 0. The maximum Gasteiger partial charge on any atom is 0.304 e. The Balaban J connectivity index is 0. The maximum absolute atomic E-state index is 10.3. The molecule has 22 heavy (non-hydrogen) atoms. The molecule has 0 amide bonds. The van der Waals surface area contributed by atoms with E-state index in [1.807, 2.05) is 19.9 Å². The van der Waals surface area contributed by atoms with E-state index >= 15 is 0 Å². The Bertz CT molecular complexity index is 362. The highest BCUT2D eigenvalue weighted by Crippen LogP contribution is 2.14. The summed E-state index contributed by atoms with van der Waals surface area (Å²) in [6.45, 7) is 8.58. The SMILES string of the molecule is CC(C)C[C@H](C#N)CC(=O)O.CC(C)C[C@H](CN)CC(=O)O. The first kappa shape index (κ1) is 22.7. The monoisotopic (exact) mass is 314 g/mol. The molecule has 0 rings (SSSR count). The number of hydrogen-bond acceptors (Lipinski definition) is 4. The summed E-state index contributed by atoms with van der Waals surface area (Å²) in [6, 6.07) is 1.98. The Labute approximate surface area is 133 Å². The van der Waals surface area contributed by atoms with Gasteiger partial charge in [-0.1, -0.05) is 27.7 Å². The predicted molar refractivity (Wildman–Crippen MR) is 85.1 cm³/mol. The molecular weight excluding hydrogens is 284 g/mol. The standard InChI is InChI=1S/C8H17NO2.C8H13NO2/c2*1-6(2)3-7(5-9)4-8(10)11/h6-7H,3-5,9H2,1-2H3,(H,10,11);6-7H,3-4H2,1-2H3,(H,10,11)/t2*7-/m00/s1. The summed E-state index contributed by atoms with van der Waals surface area (Å²) in [5.74, 6) is -0.903. The molecule has 0 aromatic carbocycles. The molecule has 128 valence electrons. The molecule has 0 aromatic rings. The number of carboxylic acids is 2. The summed E-state index contributed by atoms with van der Waals surface area (Å²) in [5, 5.41) is 25.4. The zero-order valence-corrected chi connectivity index (χ0v) is 14.1. The molecule has 0 radical (unpaired) electrons. The molecule has 0 aromatic heterocycles. The van der Waals surface area contributed by atoms with Crippen LogP contribution in [-0.4, -0.2) is 28.7 Å². The summed E-state index contributed by atoms with van der Waals surface area (Å²) < 4.78 is 0. The van der Waals surface area contributed by atoms with Gasteiger partial charge in [0.1, 0.15) is 0 Å². The molecule has 0 saturated heterocycles. The van der Waals surface area contributed by atoms with Gasteiger partial charge in [-0.3, -0.25) is 9.59 Å². The molecule has 0 aliphatic heterocycles. The van der Waals surface area contributed by atoms with Crippen molar-refractivity contribution in [3.8, 4) is 6.07 Å². The fourth-order valence-electron chi connectivity index (χ4n) is 2.14. The smallest absolute Gasteiger partial charge is 0.304 e. The van der Waals surface area contributed by atoms with Crippen LogP contribution < -0.4 is 5.73 Å². The van der Waals surface area contributed by atoms with Crippen LogP contribution in [0, 0.1) is 35.0 Å². The van der Waals surface area contributed by atoms with Gasteiger partial charge in [-0.05, 0) is 37.1 Å². The first-order valence-corrected chi connectivity index (χ1v) is 7.65. The second kappa shape index (κ2) is 13.1. The number of hydrogen-bond donors (Lipinski definition) is 3. The minimum atomic E-state index is -0.891. The van der Waals surface area contributed by atoms with E-state index < -0.39 is 11.9 Å². The highest BCUT2D eigenvalue weighted by molar-refractivity contribution is 5.67. The Morgan fingerprint density at radius 1 is 1.00 bits per heavy atom. The molecular formula is C16H30N2O4. The number of carboxylic acid groups (broad SMARTS) is 2. The average Bonchev–Trinajstić information content (AvgIpc) is 2.35. The summed E-state index contributed by atoms with van der Waals surface area (Å²) in [5.41, 5.74) is 5.41. The van der Waals surface area contributed by atoms with Crippen molar-refractivity contribution in [2.75, 3.05) is 6.54 Å². The lowest BCUT2D eigenvalue weighted by Crippen LogP contribution is -2.19. The van der Waals surface area contributed by atoms with Crippen LogP contribution in [0.25, 0.3) is 0 Å². The van der Waals surface area contributed by atoms with Gasteiger partial charge in [0.2, 0.25) is 0 Å². The topological polar surface area (TPSA) is 124 Å². The number of carbonyl (C=O) groups is 2. The molecule has 0 saturated carbocycles. The van der Waals surface area contributed by atoms with Gasteiger partial charge in [-0.15, -0.1) is 0 Å². The summed E-state index contributed by atoms with van der Waals surface area (Å²) in [4.78, 5) is 20.5. The van der Waals surface area contributed by atoms with Crippen molar-refractivity contribution in [3.05, 3.63) is 0 Å². The third kappa shape index (κ3) is 16.4. The van der Waals surface area contributed by atoms with Crippen LogP contribution in [0.5, 0.6) is 0 Å². The minimum absolute atomic E-state index is 0.0331. The van der Waals surface area contributed by atoms with E-state index in [-0.39, 0.29) is 24.7 Å². The van der Waals surface area contributed by atoms with E-state index in [2.05, 4.69) is 13.8 Å². The largest absolute Gasteiger partial charge is 0.481 e. The van der Waals surface area contributed by atoms with Crippen molar-refractivity contribution in [2.45, 2.75) is 53.4 Å². The molecule has 0 spiro atoms. The van der Waals surface area contributed by atoms with Gasteiger partial charge >= 0.3 is 11.9 Å². The Hall–Kier alpha value is -1.61. The van der Waals surface area contributed by atoms with Crippen molar-refractivity contribution < 1.29 is 19.8 Å². The van der Waals surface area contributed by atoms with Crippen LogP contribution in [0.15, 0.2) is 0 Å². The van der Waals surface area contributed by atoms with Crippen molar-refractivity contribution in [2.24, 2.45) is 29.4 Å². The third-order valence-corrected chi connectivity index (χ3v) is 2.96. The maximum atomic E-state index is 10.3. The van der Waals surface area contributed by atoms with Gasteiger partial charge in [-0.2, -0.15) is 5.26 Å². The van der Waals surface area contributed by atoms with Crippen LogP contribution in [0.3, 0.4) is 0 Å². The molecule has 0 unspecified atom stereocenters. The lowest BCUT2D eigenvalue weighted by Gasteiger charge is -2.13. The Morgan fingerprint density at radius 2 is 1.45 bits per heavy atom. The highest BCUT2D eigenvalue weighted by atomic mass is 16.4. The molecule has 0 fully saturated rings. The zero-order valence-electron chi connectivity index (χ0n) is 14.1. The number of nitrogens with two attached hydrogens (primary N) is 1. The molecule has 2 atom stereocenters. The third-order valence-electron chi connectivity index (χ3n) is 2.96. The number of nitriles is 1. The van der Waals surface area contributed by atoms with Crippen molar-refractivity contribution in [3.63, 3.8) is 0 Å². The van der Waals surface area contributed by atoms with Crippen molar-refractivity contribution >= 4 is 11.9 Å². The molecule has 4 N–H and O–H groups in total. The van der Waals surface area contributed by atoms with E-state index in [0.717, 1.165) is 6.42 Å². The van der Waals surface area contributed by atoms with Crippen LogP contribution in [0.1, 0.15) is 53.4 Å². The van der Waals surface area contributed by atoms with E-state index in [4.69, 9.17) is 21.2 Å². The molecule has 0 aliphatic rings. The molecule has 0 heterocycles. The Kier molecular flexibility index (Phi) is 13.5. The molecule has 0 bridgehead atoms. The normalized spacial score (nSPS) is 13.0. The number of rotatable bonds is 9. The lowest BCUT2D eigenvalue weighted by molar-refractivity contribution is -0.139. The average molecular weight is 314 g/mol. The fourth-order valence-corrected chi connectivity index (χ4v) is 2.14. The molecule has 6 heteroatoms. The van der Waals surface area contributed by atoms with E-state index in [1.165, 1.54) is 0 Å². The van der Waals surface area contributed by atoms with Gasteiger partial charge in [0.25, 0.3) is 0 Å². The summed E-state index contributed by atoms with van der Waals surface area (Å²) in [6.07, 6.45) is 1.74. The Morgan fingerprint density at radius 3 is 1.73 bits per heavy atom. The van der Waals surface area contributed by atoms with E-state index in [9.17, 15) is 9.59 Å². The van der Waals surface area contributed by atoms with Crippen LogP contribution in [0.4, 0.5) is 0 Å². The van der Waals surface area contributed by atoms with Crippen molar-refractivity contribution in [1.82, 2.24) is 0 Å². The number of nitrogens with zero attached hydrogens (tertiary/aromatic N) is 1. The predicted octanol–water partition coefficient (Wildman–Crippen LogP) is 2.73. The summed E-state index contributed by atoms with van der Waals surface area (Å²) >= 11 is 0. The molecule has 0 aliphatic carbocycles. The fraction of sp³-hybridized carbons (Fsp3) is 0.812. The first-order valence-electron chi connectivity index (χ1n) is 7.65. The zero-order chi connectivity index (χ0) is 17.7. The van der Waals surface area contributed by atoms with Gasteiger partial charge < -0.3 is 15.9 Å². The van der Waals surface area contributed by atoms with E-state index in [0.29, 0.717) is 24.8 Å². The molecule has 6 nitrogen and oxygen atoms in total. The van der Waals surface area contributed by atoms with E-state index in [1.54, 1.807) is 0 Å². The number of aliphatic carboxylic acids is 2. The lowest BCUT2D eigenvalue weighted by atomic mass is 9.94. The second-order valence-electron chi connectivity index (χ2n) is 6.38.